The van der Waals surface area contributed by atoms with Crippen LogP contribution >= 0.6 is 0 Å². The molecular weight excluding hydrogens is 353 g/mol. The van der Waals surface area contributed by atoms with Crippen molar-refractivity contribution in [3.63, 3.8) is 0 Å². The van der Waals surface area contributed by atoms with Gasteiger partial charge in [0.1, 0.15) is 12.4 Å². The van der Waals surface area contributed by atoms with Crippen molar-refractivity contribution in [1.29, 1.82) is 0 Å². The number of nitrogens with two attached hydrogens (primary N) is 1. The van der Waals surface area contributed by atoms with Crippen LogP contribution in [-0.2, 0) is 16.1 Å². The summed E-state index contributed by atoms with van der Waals surface area (Å²) in [6.07, 6.45) is -1.69. The average Bonchev–Trinajstić information content (AvgIpc) is 3.14. The lowest BCUT2D eigenvalue weighted by Crippen LogP contribution is -2.16. The van der Waals surface area contributed by atoms with Crippen molar-refractivity contribution >= 4 is 11.7 Å². The molecule has 0 aromatic heterocycles. The molecule has 1 saturated heterocycles. The molecule has 0 bridgehead atoms. The zero-order valence-corrected chi connectivity index (χ0v) is 14.9. The van der Waals surface area contributed by atoms with Crippen molar-refractivity contribution in [2.24, 2.45) is 5.73 Å². The monoisotopic (exact) mass is 373 g/mol. The van der Waals surface area contributed by atoms with Gasteiger partial charge in [0, 0.05) is 0 Å². The average molecular weight is 373 g/mol. The van der Waals surface area contributed by atoms with Crippen LogP contribution in [0.15, 0.2) is 43.0 Å². The summed E-state index contributed by atoms with van der Waals surface area (Å²) in [5.74, 6) is -0.197. The molecule has 2 aromatic carbocycles. The molecule has 1 aliphatic heterocycles. The molecule has 2 aromatic rings. The van der Waals surface area contributed by atoms with E-state index in [0.717, 1.165) is 0 Å². The third kappa shape index (κ3) is 4.45. The van der Waals surface area contributed by atoms with Crippen LogP contribution in [0.3, 0.4) is 0 Å². The summed E-state index contributed by atoms with van der Waals surface area (Å²) in [7, 11) is 0. The molecule has 142 valence electrons. The lowest BCUT2D eigenvalue weighted by Gasteiger charge is -2.18. The van der Waals surface area contributed by atoms with Crippen LogP contribution in [0.2, 0.25) is 0 Å². The van der Waals surface area contributed by atoms with Crippen LogP contribution in [0, 0.1) is 5.82 Å². The molecule has 1 amide bonds. The first-order valence-corrected chi connectivity index (χ1v) is 8.36. The lowest BCUT2D eigenvalue weighted by molar-refractivity contribution is -0.0469. The smallest absolute Gasteiger partial charge is 0.409 e. The third-order valence-corrected chi connectivity index (χ3v) is 3.97. The quantitative estimate of drug-likeness (QED) is 0.830. The summed E-state index contributed by atoms with van der Waals surface area (Å²) < 4.78 is 36.5. The highest BCUT2D eigenvalue weighted by Crippen LogP contribution is 2.36. The number of ether oxygens (including phenoxy) is 4. The fourth-order valence-electron chi connectivity index (χ4n) is 2.79. The minimum atomic E-state index is -0.907. The fourth-order valence-corrected chi connectivity index (χ4v) is 2.79. The summed E-state index contributed by atoms with van der Waals surface area (Å²) in [5.41, 5.74) is 7.30. The Hall–Kier alpha value is -2.90. The number of hydrogen-bond acceptors (Lipinski definition) is 5. The second-order valence-corrected chi connectivity index (χ2v) is 6.05. The molecule has 27 heavy (non-hydrogen) atoms. The van der Waals surface area contributed by atoms with Crippen LogP contribution < -0.4 is 15.2 Å². The Labute approximate surface area is 156 Å². The maximum absolute atomic E-state index is 15.1. The third-order valence-electron chi connectivity index (χ3n) is 3.97. The summed E-state index contributed by atoms with van der Waals surface area (Å²) >= 11 is 0. The van der Waals surface area contributed by atoms with Gasteiger partial charge in [-0.1, -0.05) is 30.4 Å². The number of allylic oxidation sites excluding steroid dienone is 1. The van der Waals surface area contributed by atoms with E-state index in [0.29, 0.717) is 29.9 Å². The molecule has 0 atom stereocenters. The molecule has 3 rings (SSSR count). The van der Waals surface area contributed by atoms with Crippen LogP contribution in [0.1, 0.15) is 29.9 Å². The zero-order chi connectivity index (χ0) is 19.4. The Kier molecular flexibility index (Phi) is 5.73. The Morgan fingerprint density at radius 2 is 2.04 bits per heavy atom. The number of rotatable bonds is 6. The molecule has 1 fully saturated rings. The highest BCUT2D eigenvalue weighted by Gasteiger charge is 2.27. The maximum atomic E-state index is 15.1. The van der Waals surface area contributed by atoms with E-state index in [-0.39, 0.29) is 23.7 Å². The number of carbonyl (C=O) groups excluding carboxylic acids is 1. The second kappa shape index (κ2) is 8.20. The van der Waals surface area contributed by atoms with Gasteiger partial charge in [0.05, 0.1) is 18.8 Å². The number of primary amides is 1. The SMILES string of the molecule is C=C(C)c1ccc(OCc2cccc(OC(N)=O)c2)c(F)c1C1OCCO1. The Morgan fingerprint density at radius 1 is 1.30 bits per heavy atom. The summed E-state index contributed by atoms with van der Waals surface area (Å²) in [6.45, 7) is 6.55. The first-order chi connectivity index (χ1) is 13.0. The summed E-state index contributed by atoms with van der Waals surface area (Å²) in [6, 6.07) is 9.90. The lowest BCUT2D eigenvalue weighted by atomic mass is 10.0. The second-order valence-electron chi connectivity index (χ2n) is 6.05. The molecule has 1 heterocycles. The van der Waals surface area contributed by atoms with E-state index in [4.69, 9.17) is 24.7 Å². The fraction of sp³-hybridized carbons (Fsp3) is 0.250. The highest BCUT2D eigenvalue weighted by molar-refractivity contribution is 5.68. The van der Waals surface area contributed by atoms with E-state index in [1.807, 2.05) is 0 Å². The topological polar surface area (TPSA) is 80.0 Å². The van der Waals surface area contributed by atoms with Crippen LogP contribution in [-0.4, -0.2) is 19.3 Å². The predicted molar refractivity (Wildman–Crippen MR) is 96.7 cm³/mol. The van der Waals surface area contributed by atoms with E-state index in [2.05, 4.69) is 6.58 Å². The minimum Gasteiger partial charge on any atom is -0.486 e. The number of benzene rings is 2. The molecule has 2 N–H and O–H groups in total. The molecule has 0 radical (unpaired) electrons. The van der Waals surface area contributed by atoms with Gasteiger partial charge in [-0.05, 0) is 36.2 Å². The molecule has 0 saturated carbocycles. The normalized spacial score (nSPS) is 14.1. The number of halogens is 1. The van der Waals surface area contributed by atoms with Gasteiger partial charge in [0.2, 0.25) is 0 Å². The molecule has 7 heteroatoms. The van der Waals surface area contributed by atoms with Gasteiger partial charge in [-0.15, -0.1) is 0 Å². The molecule has 1 aliphatic rings. The van der Waals surface area contributed by atoms with Crippen LogP contribution in [0.5, 0.6) is 11.5 Å². The molecule has 0 unspecified atom stereocenters. The van der Waals surface area contributed by atoms with Crippen molar-refractivity contribution < 1.29 is 28.1 Å². The largest absolute Gasteiger partial charge is 0.486 e. The van der Waals surface area contributed by atoms with Crippen LogP contribution in [0.4, 0.5) is 9.18 Å². The van der Waals surface area contributed by atoms with Gasteiger partial charge in [-0.3, -0.25) is 0 Å². The van der Waals surface area contributed by atoms with Gasteiger partial charge < -0.3 is 24.7 Å². The van der Waals surface area contributed by atoms with Gasteiger partial charge in [-0.25, -0.2) is 9.18 Å². The number of carbonyl (C=O) groups is 1. The number of amides is 1. The van der Waals surface area contributed by atoms with Gasteiger partial charge in [-0.2, -0.15) is 0 Å². The first kappa shape index (κ1) is 18.9. The molecular formula is C20H20FNO5. The van der Waals surface area contributed by atoms with Crippen molar-refractivity contribution in [2.75, 3.05) is 13.2 Å². The first-order valence-electron chi connectivity index (χ1n) is 8.36. The summed E-state index contributed by atoms with van der Waals surface area (Å²) in [4.78, 5) is 10.8. The Morgan fingerprint density at radius 3 is 2.70 bits per heavy atom. The highest BCUT2D eigenvalue weighted by atomic mass is 19.1. The predicted octanol–water partition coefficient (Wildman–Crippen LogP) is 3.94. The van der Waals surface area contributed by atoms with E-state index >= 15 is 4.39 Å². The van der Waals surface area contributed by atoms with E-state index < -0.39 is 18.2 Å². The van der Waals surface area contributed by atoms with Crippen molar-refractivity contribution in [3.05, 3.63) is 65.5 Å². The van der Waals surface area contributed by atoms with Crippen molar-refractivity contribution in [2.45, 2.75) is 19.8 Å². The van der Waals surface area contributed by atoms with Gasteiger partial charge in [0.15, 0.2) is 17.9 Å². The van der Waals surface area contributed by atoms with E-state index in [1.54, 1.807) is 43.3 Å². The Balaban J connectivity index is 1.82. The minimum absolute atomic E-state index is 0.0651. The summed E-state index contributed by atoms with van der Waals surface area (Å²) in [5, 5.41) is 0. The van der Waals surface area contributed by atoms with E-state index in [9.17, 15) is 4.79 Å². The van der Waals surface area contributed by atoms with Crippen LogP contribution in [0.25, 0.3) is 5.57 Å². The molecule has 6 nitrogen and oxygen atoms in total. The zero-order valence-electron chi connectivity index (χ0n) is 14.9. The standard InChI is InChI=1S/C20H20FNO5/c1-12(2)15-6-7-16(18(21)17(15)19-24-8-9-25-19)26-11-13-4-3-5-14(10-13)27-20(22)23/h3-7,10,19H,1,8-9,11H2,2H3,(H2,22,23). The maximum Gasteiger partial charge on any atom is 0.409 e. The number of hydrogen-bond donors (Lipinski definition) is 1. The van der Waals surface area contributed by atoms with Gasteiger partial charge in [0.25, 0.3) is 0 Å². The molecule has 0 aliphatic carbocycles. The Bertz CT molecular complexity index is 861. The van der Waals surface area contributed by atoms with Gasteiger partial charge >= 0.3 is 6.09 Å². The van der Waals surface area contributed by atoms with Crippen molar-refractivity contribution in [3.8, 4) is 11.5 Å². The van der Waals surface area contributed by atoms with Crippen molar-refractivity contribution in [1.82, 2.24) is 0 Å². The van der Waals surface area contributed by atoms with E-state index in [1.165, 1.54) is 0 Å². The molecule has 0 spiro atoms.